The summed E-state index contributed by atoms with van der Waals surface area (Å²) in [6.07, 6.45) is 1.61. The monoisotopic (exact) mass is 484 g/mol. The molecule has 0 unspecified atom stereocenters. The molecule has 3 N–H and O–H groups in total. The molecule has 0 saturated carbocycles. The molecule has 0 bridgehead atoms. The Bertz CT molecular complexity index is 1330. The average molecular weight is 485 g/mol. The third-order valence-electron chi connectivity index (χ3n) is 7.50. The van der Waals surface area contributed by atoms with Crippen LogP contribution in [0.5, 0.6) is 0 Å². The lowest BCUT2D eigenvalue weighted by molar-refractivity contribution is -0.130. The highest BCUT2D eigenvalue weighted by Crippen LogP contribution is 2.39. The van der Waals surface area contributed by atoms with Gasteiger partial charge in [0, 0.05) is 6.42 Å². The van der Waals surface area contributed by atoms with Crippen LogP contribution < -0.4 is 20.9 Å². The lowest BCUT2D eigenvalue weighted by Gasteiger charge is -2.29. The van der Waals surface area contributed by atoms with Gasteiger partial charge < -0.3 is 16.0 Å². The number of anilines is 1. The molecule has 3 amide bonds. The zero-order chi connectivity index (χ0) is 25.4. The van der Waals surface area contributed by atoms with Crippen LogP contribution in [0.1, 0.15) is 43.0 Å². The highest BCUT2D eigenvalue weighted by atomic mass is 16.2. The number of carbonyl (C=O) groups is 3. The van der Waals surface area contributed by atoms with Crippen molar-refractivity contribution in [2.75, 3.05) is 11.9 Å². The predicted molar refractivity (Wildman–Crippen MR) is 141 cm³/mol. The van der Waals surface area contributed by atoms with Gasteiger partial charge in [-0.1, -0.05) is 60.7 Å². The molecule has 2 aliphatic rings. The summed E-state index contributed by atoms with van der Waals surface area (Å²) in [6, 6.07) is 18.2. The number of para-hydroxylation sites is 1. The molecule has 5 rings (SSSR count). The molecule has 7 nitrogen and oxygen atoms in total. The lowest BCUT2D eigenvalue weighted by Crippen LogP contribution is -2.56. The van der Waals surface area contributed by atoms with Crippen molar-refractivity contribution in [1.29, 1.82) is 0 Å². The van der Waals surface area contributed by atoms with Gasteiger partial charge in [0.25, 0.3) is 0 Å². The topological polar surface area (TPSA) is 90.5 Å². The summed E-state index contributed by atoms with van der Waals surface area (Å²) in [4.78, 5) is 41.7. The van der Waals surface area contributed by atoms with Crippen molar-refractivity contribution < 1.29 is 14.4 Å². The van der Waals surface area contributed by atoms with Gasteiger partial charge in [-0.25, -0.2) is 0 Å². The van der Waals surface area contributed by atoms with Gasteiger partial charge in [-0.2, -0.15) is 0 Å². The summed E-state index contributed by atoms with van der Waals surface area (Å²) < 4.78 is 0. The van der Waals surface area contributed by atoms with Crippen LogP contribution in [0.4, 0.5) is 5.69 Å². The van der Waals surface area contributed by atoms with Crippen molar-refractivity contribution in [3.05, 3.63) is 77.4 Å². The Balaban J connectivity index is 1.42. The van der Waals surface area contributed by atoms with Gasteiger partial charge in [-0.3, -0.25) is 19.3 Å². The first-order chi connectivity index (χ1) is 17.4. The van der Waals surface area contributed by atoms with E-state index in [-0.39, 0.29) is 23.8 Å². The Morgan fingerprint density at radius 1 is 0.972 bits per heavy atom. The highest BCUT2D eigenvalue weighted by molar-refractivity contribution is 6.08. The van der Waals surface area contributed by atoms with E-state index >= 15 is 0 Å². The zero-order valence-corrected chi connectivity index (χ0v) is 20.9. The van der Waals surface area contributed by atoms with Crippen molar-refractivity contribution in [1.82, 2.24) is 16.0 Å². The zero-order valence-electron chi connectivity index (χ0n) is 20.9. The van der Waals surface area contributed by atoms with Gasteiger partial charge in [0.1, 0.15) is 12.1 Å². The summed E-state index contributed by atoms with van der Waals surface area (Å²) in [7, 11) is 1.71. The third kappa shape index (κ3) is 4.24. The summed E-state index contributed by atoms with van der Waals surface area (Å²) >= 11 is 0. The van der Waals surface area contributed by atoms with E-state index in [9.17, 15) is 14.4 Å². The number of hydrogen-bond donors (Lipinski definition) is 3. The normalized spacial score (nSPS) is 20.4. The van der Waals surface area contributed by atoms with Crippen molar-refractivity contribution in [3.8, 4) is 0 Å². The van der Waals surface area contributed by atoms with Crippen LogP contribution in [-0.4, -0.2) is 42.9 Å². The Kier molecular flexibility index (Phi) is 6.49. The van der Waals surface area contributed by atoms with E-state index < -0.39 is 18.1 Å². The van der Waals surface area contributed by atoms with E-state index in [0.717, 1.165) is 33.2 Å². The predicted octanol–water partition coefficient (Wildman–Crippen LogP) is 3.01. The SMILES string of the molecule is CN[C@@H](C)C(=O)N[C@H]1CCc2cccc3c2N(C1=O)[C@H](C(=O)N[C@H](C)c1cccc2ccccc12)C3. The van der Waals surface area contributed by atoms with Crippen LogP contribution >= 0.6 is 0 Å². The molecule has 0 aliphatic carbocycles. The first-order valence-corrected chi connectivity index (χ1v) is 12.6. The number of likely N-dealkylation sites (N-methyl/N-ethyl adjacent to an activating group) is 1. The molecule has 186 valence electrons. The molecule has 2 aliphatic heterocycles. The fourth-order valence-corrected chi connectivity index (χ4v) is 5.42. The molecule has 0 aromatic heterocycles. The van der Waals surface area contributed by atoms with Crippen LogP contribution in [0.15, 0.2) is 60.7 Å². The number of fused-ring (bicyclic) bond motifs is 1. The van der Waals surface area contributed by atoms with Gasteiger partial charge in [0.15, 0.2) is 0 Å². The van der Waals surface area contributed by atoms with E-state index in [4.69, 9.17) is 0 Å². The van der Waals surface area contributed by atoms with Crippen molar-refractivity contribution in [3.63, 3.8) is 0 Å². The first-order valence-electron chi connectivity index (χ1n) is 12.6. The number of nitrogens with zero attached hydrogens (tertiary/aromatic N) is 1. The molecule has 0 radical (unpaired) electrons. The second kappa shape index (κ2) is 9.74. The van der Waals surface area contributed by atoms with Gasteiger partial charge in [-0.15, -0.1) is 0 Å². The summed E-state index contributed by atoms with van der Waals surface area (Å²) in [5, 5.41) is 11.2. The van der Waals surface area contributed by atoms with E-state index in [1.807, 2.05) is 49.4 Å². The first kappa shape index (κ1) is 24.0. The van der Waals surface area contributed by atoms with Gasteiger partial charge >= 0.3 is 0 Å². The summed E-state index contributed by atoms with van der Waals surface area (Å²) in [6.45, 7) is 3.73. The fraction of sp³-hybridized carbons (Fsp3) is 0.345. The Morgan fingerprint density at radius 2 is 1.69 bits per heavy atom. The molecule has 3 aromatic rings. The Morgan fingerprint density at radius 3 is 2.50 bits per heavy atom. The van der Waals surface area contributed by atoms with Gasteiger partial charge in [0.2, 0.25) is 17.7 Å². The number of carbonyl (C=O) groups excluding carboxylic acids is 3. The minimum atomic E-state index is -0.683. The minimum Gasteiger partial charge on any atom is -0.348 e. The molecule has 0 spiro atoms. The second-order valence-corrected chi connectivity index (χ2v) is 9.76. The average Bonchev–Trinajstić information content (AvgIpc) is 3.23. The Hall–Kier alpha value is -3.71. The smallest absolute Gasteiger partial charge is 0.250 e. The lowest BCUT2D eigenvalue weighted by atomic mass is 9.99. The molecular weight excluding hydrogens is 452 g/mol. The number of nitrogens with one attached hydrogen (secondary N) is 3. The number of amides is 3. The standard InChI is InChI=1S/C29H32N4O3/c1-17(22-13-7-9-19-8-4-5-12-23(19)22)31-28(35)25-16-21-11-6-10-20-14-15-24(29(36)33(25)26(20)21)32-27(34)18(2)30-3/h4-13,17-18,24-25,30H,14-16H2,1-3H3,(H,31,35)(H,32,34)/t17-,18+,24+,25+/m1/s1. The number of rotatable bonds is 6. The molecule has 2 heterocycles. The van der Waals surface area contributed by atoms with E-state index in [0.29, 0.717) is 19.3 Å². The molecule has 3 aromatic carbocycles. The molecule has 7 heteroatoms. The number of hydrogen-bond acceptors (Lipinski definition) is 4. The van der Waals surface area contributed by atoms with Crippen LogP contribution in [0.25, 0.3) is 10.8 Å². The number of benzene rings is 3. The molecule has 0 fully saturated rings. The minimum absolute atomic E-state index is 0.193. The summed E-state index contributed by atoms with van der Waals surface area (Å²) in [5.41, 5.74) is 3.90. The molecule has 36 heavy (non-hydrogen) atoms. The largest absolute Gasteiger partial charge is 0.348 e. The van der Waals surface area contributed by atoms with Crippen molar-refractivity contribution >= 4 is 34.2 Å². The van der Waals surface area contributed by atoms with E-state index in [1.165, 1.54) is 0 Å². The van der Waals surface area contributed by atoms with Crippen LogP contribution in [0.2, 0.25) is 0 Å². The van der Waals surface area contributed by atoms with E-state index in [2.05, 4.69) is 34.1 Å². The van der Waals surface area contributed by atoms with E-state index in [1.54, 1.807) is 18.9 Å². The van der Waals surface area contributed by atoms with Gasteiger partial charge in [0.05, 0.1) is 17.8 Å². The second-order valence-electron chi connectivity index (χ2n) is 9.76. The maximum Gasteiger partial charge on any atom is 0.250 e. The van der Waals surface area contributed by atoms with Crippen molar-refractivity contribution in [2.45, 2.75) is 57.3 Å². The van der Waals surface area contributed by atoms with Crippen LogP contribution in [0.3, 0.4) is 0 Å². The third-order valence-corrected chi connectivity index (χ3v) is 7.50. The maximum atomic E-state index is 13.8. The van der Waals surface area contributed by atoms with Gasteiger partial charge in [-0.05, 0) is 61.2 Å². The molecule has 4 atom stereocenters. The van der Waals surface area contributed by atoms with Crippen LogP contribution in [0, 0.1) is 0 Å². The Labute approximate surface area is 211 Å². The highest BCUT2D eigenvalue weighted by Gasteiger charge is 2.44. The molecule has 0 saturated heterocycles. The number of aryl methyl sites for hydroxylation is 1. The molecular formula is C29H32N4O3. The fourth-order valence-electron chi connectivity index (χ4n) is 5.42. The summed E-state index contributed by atoms with van der Waals surface area (Å²) in [5.74, 6) is -0.651. The quantitative estimate of drug-likeness (QED) is 0.502. The maximum absolute atomic E-state index is 13.8. The van der Waals surface area contributed by atoms with Crippen LogP contribution in [-0.2, 0) is 27.2 Å². The van der Waals surface area contributed by atoms with Crippen molar-refractivity contribution in [2.24, 2.45) is 0 Å².